The van der Waals surface area contributed by atoms with Crippen molar-refractivity contribution in [1.29, 1.82) is 0 Å². The van der Waals surface area contributed by atoms with Crippen LogP contribution in [-0.2, 0) is 6.42 Å². The Morgan fingerprint density at radius 3 is 2.37 bits per heavy atom. The first-order valence-corrected chi connectivity index (χ1v) is 7.54. The fourth-order valence-corrected chi connectivity index (χ4v) is 2.41. The van der Waals surface area contributed by atoms with Gasteiger partial charge in [0.1, 0.15) is 0 Å². The second-order valence-corrected chi connectivity index (χ2v) is 6.23. The van der Waals surface area contributed by atoms with Crippen molar-refractivity contribution in [2.45, 2.75) is 40.0 Å². The number of hydrogen-bond acceptors (Lipinski definition) is 2. The minimum atomic E-state index is 0.224. The van der Waals surface area contributed by atoms with Gasteiger partial charge in [-0.1, -0.05) is 51.1 Å². The predicted molar refractivity (Wildman–Crippen MR) is 84.3 cm³/mol. The van der Waals surface area contributed by atoms with Crippen LogP contribution in [-0.4, -0.2) is 31.1 Å². The summed E-state index contributed by atoms with van der Waals surface area (Å²) in [5, 5.41) is 0. The highest BCUT2D eigenvalue weighted by Gasteiger charge is 2.19. The van der Waals surface area contributed by atoms with Gasteiger partial charge in [0.05, 0.1) is 0 Å². The second-order valence-electron chi connectivity index (χ2n) is 6.23. The molecule has 0 aliphatic heterocycles. The van der Waals surface area contributed by atoms with E-state index in [1.165, 1.54) is 37.9 Å². The van der Waals surface area contributed by atoms with E-state index in [2.05, 4.69) is 56.0 Å². The predicted octanol–water partition coefficient (Wildman–Crippen LogP) is 3.32. The van der Waals surface area contributed by atoms with Gasteiger partial charge < -0.3 is 10.6 Å². The Morgan fingerprint density at radius 1 is 1.11 bits per heavy atom. The number of nitrogens with zero attached hydrogens (tertiary/aromatic N) is 1. The number of nitrogens with two attached hydrogens (primary N) is 1. The van der Waals surface area contributed by atoms with E-state index in [1.54, 1.807) is 0 Å². The molecule has 2 heteroatoms. The van der Waals surface area contributed by atoms with E-state index >= 15 is 0 Å². The first-order chi connectivity index (χ1) is 9.07. The van der Waals surface area contributed by atoms with Crippen LogP contribution >= 0.6 is 0 Å². The van der Waals surface area contributed by atoms with Crippen LogP contribution in [0.5, 0.6) is 0 Å². The van der Waals surface area contributed by atoms with Crippen LogP contribution in [0.25, 0.3) is 0 Å². The van der Waals surface area contributed by atoms with Crippen molar-refractivity contribution in [3.63, 3.8) is 0 Å². The van der Waals surface area contributed by atoms with Gasteiger partial charge in [-0.15, -0.1) is 0 Å². The molecule has 19 heavy (non-hydrogen) atoms. The monoisotopic (exact) mass is 262 g/mol. The standard InChI is InChI=1S/C17H30N2/c1-4-12-19(15-17(2,3)14-18)13-8-11-16-9-6-5-7-10-16/h5-7,9-10H,4,8,11-15,18H2,1-3H3. The van der Waals surface area contributed by atoms with E-state index < -0.39 is 0 Å². The molecule has 0 unspecified atom stereocenters. The Bertz CT molecular complexity index is 332. The average molecular weight is 262 g/mol. The molecule has 0 amide bonds. The molecule has 1 aromatic carbocycles. The fourth-order valence-electron chi connectivity index (χ4n) is 2.41. The van der Waals surface area contributed by atoms with Crippen molar-refractivity contribution >= 4 is 0 Å². The Balaban J connectivity index is 2.37. The van der Waals surface area contributed by atoms with Crippen molar-refractivity contribution in [3.05, 3.63) is 35.9 Å². The molecule has 1 aromatic rings. The molecular formula is C17H30N2. The van der Waals surface area contributed by atoms with E-state index in [0.717, 1.165) is 13.1 Å². The molecule has 0 atom stereocenters. The molecular weight excluding hydrogens is 232 g/mol. The minimum absolute atomic E-state index is 0.224. The number of aryl methyl sites for hydroxylation is 1. The van der Waals surface area contributed by atoms with Crippen LogP contribution in [0.1, 0.15) is 39.2 Å². The number of rotatable bonds is 9. The molecule has 0 fully saturated rings. The lowest BCUT2D eigenvalue weighted by Crippen LogP contribution is -2.39. The van der Waals surface area contributed by atoms with Gasteiger partial charge in [-0.2, -0.15) is 0 Å². The molecule has 0 radical (unpaired) electrons. The Hall–Kier alpha value is -0.860. The maximum atomic E-state index is 5.84. The van der Waals surface area contributed by atoms with E-state index in [0.29, 0.717) is 0 Å². The molecule has 1 rings (SSSR count). The molecule has 108 valence electrons. The first-order valence-electron chi connectivity index (χ1n) is 7.54. The zero-order valence-corrected chi connectivity index (χ0v) is 12.9. The summed E-state index contributed by atoms with van der Waals surface area (Å²) < 4.78 is 0. The second kappa shape index (κ2) is 8.34. The van der Waals surface area contributed by atoms with Crippen LogP contribution in [0.2, 0.25) is 0 Å². The van der Waals surface area contributed by atoms with Gasteiger partial charge in [-0.25, -0.2) is 0 Å². The summed E-state index contributed by atoms with van der Waals surface area (Å²) in [6.07, 6.45) is 3.61. The SMILES string of the molecule is CCCN(CCCc1ccccc1)CC(C)(C)CN. The van der Waals surface area contributed by atoms with Gasteiger partial charge in [-0.05, 0) is 49.9 Å². The smallest absolute Gasteiger partial charge is 0.00447 e. The zero-order valence-electron chi connectivity index (χ0n) is 12.9. The van der Waals surface area contributed by atoms with Crippen LogP contribution in [0, 0.1) is 5.41 Å². The molecule has 0 aromatic heterocycles. The van der Waals surface area contributed by atoms with E-state index in [-0.39, 0.29) is 5.41 Å². The molecule has 2 nitrogen and oxygen atoms in total. The summed E-state index contributed by atoms with van der Waals surface area (Å²) in [6, 6.07) is 10.8. The maximum Gasteiger partial charge on any atom is 0.00447 e. The Labute approximate surface area is 119 Å². The summed E-state index contributed by atoms with van der Waals surface area (Å²) >= 11 is 0. The van der Waals surface area contributed by atoms with Crippen molar-refractivity contribution in [2.24, 2.45) is 11.1 Å². The van der Waals surface area contributed by atoms with E-state index in [1.807, 2.05) is 0 Å². The van der Waals surface area contributed by atoms with Crippen molar-refractivity contribution in [1.82, 2.24) is 4.90 Å². The topological polar surface area (TPSA) is 29.3 Å². The van der Waals surface area contributed by atoms with Crippen LogP contribution < -0.4 is 5.73 Å². The third kappa shape index (κ3) is 6.74. The highest BCUT2D eigenvalue weighted by Crippen LogP contribution is 2.15. The van der Waals surface area contributed by atoms with Gasteiger partial charge in [0, 0.05) is 6.54 Å². The normalized spacial score (nSPS) is 12.1. The highest BCUT2D eigenvalue weighted by molar-refractivity contribution is 5.14. The van der Waals surface area contributed by atoms with Gasteiger partial charge in [0.15, 0.2) is 0 Å². The summed E-state index contributed by atoms with van der Waals surface area (Å²) in [6.45, 7) is 11.0. The van der Waals surface area contributed by atoms with Gasteiger partial charge in [0.25, 0.3) is 0 Å². The zero-order chi connectivity index (χ0) is 14.1. The summed E-state index contributed by atoms with van der Waals surface area (Å²) in [7, 11) is 0. The van der Waals surface area contributed by atoms with Crippen molar-refractivity contribution in [2.75, 3.05) is 26.2 Å². The third-order valence-corrected chi connectivity index (χ3v) is 3.53. The van der Waals surface area contributed by atoms with Crippen molar-refractivity contribution < 1.29 is 0 Å². The lowest BCUT2D eigenvalue weighted by atomic mass is 9.93. The minimum Gasteiger partial charge on any atom is -0.330 e. The van der Waals surface area contributed by atoms with E-state index in [9.17, 15) is 0 Å². The molecule has 0 aliphatic carbocycles. The Morgan fingerprint density at radius 2 is 1.79 bits per heavy atom. The number of hydrogen-bond donors (Lipinski definition) is 1. The number of benzene rings is 1. The third-order valence-electron chi connectivity index (χ3n) is 3.53. The molecule has 0 heterocycles. The molecule has 2 N–H and O–H groups in total. The highest BCUT2D eigenvalue weighted by atomic mass is 15.1. The lowest BCUT2D eigenvalue weighted by Gasteiger charge is -2.31. The summed E-state index contributed by atoms with van der Waals surface area (Å²) in [5.41, 5.74) is 7.51. The summed E-state index contributed by atoms with van der Waals surface area (Å²) in [5.74, 6) is 0. The van der Waals surface area contributed by atoms with Gasteiger partial charge in [0.2, 0.25) is 0 Å². The maximum absolute atomic E-state index is 5.84. The molecule has 0 bridgehead atoms. The molecule has 0 saturated heterocycles. The van der Waals surface area contributed by atoms with Crippen LogP contribution in [0.15, 0.2) is 30.3 Å². The van der Waals surface area contributed by atoms with Gasteiger partial charge in [-0.3, -0.25) is 0 Å². The Kier molecular flexibility index (Phi) is 7.11. The van der Waals surface area contributed by atoms with E-state index in [4.69, 9.17) is 5.73 Å². The lowest BCUT2D eigenvalue weighted by molar-refractivity contribution is 0.181. The quantitative estimate of drug-likeness (QED) is 0.740. The van der Waals surface area contributed by atoms with Gasteiger partial charge >= 0.3 is 0 Å². The first kappa shape index (κ1) is 16.2. The molecule has 0 aliphatic rings. The van der Waals surface area contributed by atoms with Crippen LogP contribution in [0.4, 0.5) is 0 Å². The fraction of sp³-hybridized carbons (Fsp3) is 0.647. The van der Waals surface area contributed by atoms with Crippen LogP contribution in [0.3, 0.4) is 0 Å². The van der Waals surface area contributed by atoms with Crippen molar-refractivity contribution in [3.8, 4) is 0 Å². The molecule has 0 spiro atoms. The summed E-state index contributed by atoms with van der Waals surface area (Å²) in [4.78, 5) is 2.57. The largest absolute Gasteiger partial charge is 0.330 e. The molecule has 0 saturated carbocycles. The average Bonchev–Trinajstić information content (AvgIpc) is 2.40.